The molecule has 160 valence electrons. The number of nitrogens with zero attached hydrogens (tertiary/aromatic N) is 5. The first kappa shape index (κ1) is 20.2. The van der Waals surface area contributed by atoms with Crippen molar-refractivity contribution in [3.05, 3.63) is 60.3 Å². The Morgan fingerprint density at radius 3 is 2.50 bits per heavy atom. The van der Waals surface area contributed by atoms with Crippen LogP contribution >= 0.6 is 11.8 Å². The van der Waals surface area contributed by atoms with E-state index in [2.05, 4.69) is 15.2 Å². The van der Waals surface area contributed by atoms with Crippen LogP contribution in [0.3, 0.4) is 0 Å². The van der Waals surface area contributed by atoms with Gasteiger partial charge in [-0.15, -0.1) is 10.2 Å². The summed E-state index contributed by atoms with van der Waals surface area (Å²) in [6.07, 6.45) is 2.73. The van der Waals surface area contributed by atoms with Gasteiger partial charge in [-0.1, -0.05) is 48.2 Å². The van der Waals surface area contributed by atoms with Crippen LogP contribution in [0.4, 0.5) is 5.69 Å². The summed E-state index contributed by atoms with van der Waals surface area (Å²) in [4.78, 5) is 31.4. The molecule has 2 aromatic carbocycles. The van der Waals surface area contributed by atoms with Crippen LogP contribution in [0.5, 0.6) is 5.88 Å². The van der Waals surface area contributed by atoms with Gasteiger partial charge in [0, 0.05) is 36.6 Å². The highest BCUT2D eigenvalue weighted by atomic mass is 32.2. The fourth-order valence-corrected chi connectivity index (χ4v) is 4.30. The van der Waals surface area contributed by atoms with Crippen molar-refractivity contribution in [2.24, 2.45) is 0 Å². The van der Waals surface area contributed by atoms with Crippen LogP contribution in [-0.4, -0.2) is 37.8 Å². The standard InChI is InChI=1S/C23H19N5O3S/c1-13(29)27-12-17(15-8-4-6-10-18(15)27)22-28(14(2)30)19-11-7-5-9-16(19)20-21(31-22)24-23(32-3)26-25-20/h4-12,22H,1-3H3/t22-/m1/s1. The second kappa shape index (κ2) is 7.76. The minimum absolute atomic E-state index is 0.134. The molecule has 1 amide bonds. The molecule has 0 fully saturated rings. The molecular formula is C23H19N5O3S. The summed E-state index contributed by atoms with van der Waals surface area (Å²) in [6, 6.07) is 15.0. The van der Waals surface area contributed by atoms with Crippen molar-refractivity contribution >= 4 is 40.2 Å². The van der Waals surface area contributed by atoms with Crippen LogP contribution in [-0.2, 0) is 4.79 Å². The molecule has 0 aliphatic carbocycles. The first-order valence-corrected chi connectivity index (χ1v) is 11.2. The Balaban J connectivity index is 1.82. The zero-order valence-electron chi connectivity index (χ0n) is 17.6. The van der Waals surface area contributed by atoms with Crippen molar-refractivity contribution < 1.29 is 14.3 Å². The number of para-hydroxylation sites is 2. The minimum atomic E-state index is -0.855. The zero-order chi connectivity index (χ0) is 22.4. The van der Waals surface area contributed by atoms with Gasteiger partial charge in [-0.25, -0.2) is 0 Å². The molecule has 0 unspecified atom stereocenters. The van der Waals surface area contributed by atoms with E-state index >= 15 is 0 Å². The lowest BCUT2D eigenvalue weighted by molar-refractivity contribution is -0.118. The number of aromatic nitrogens is 4. The molecule has 1 aliphatic rings. The van der Waals surface area contributed by atoms with Crippen molar-refractivity contribution in [3.8, 4) is 17.1 Å². The summed E-state index contributed by atoms with van der Waals surface area (Å²) < 4.78 is 7.96. The van der Waals surface area contributed by atoms with E-state index in [0.717, 1.165) is 10.9 Å². The van der Waals surface area contributed by atoms with Gasteiger partial charge < -0.3 is 4.74 Å². The Morgan fingerprint density at radius 1 is 1.00 bits per heavy atom. The number of hydrogen-bond acceptors (Lipinski definition) is 7. The van der Waals surface area contributed by atoms with Crippen LogP contribution < -0.4 is 9.64 Å². The van der Waals surface area contributed by atoms with Gasteiger partial charge in [-0.05, 0) is 18.4 Å². The summed E-state index contributed by atoms with van der Waals surface area (Å²) in [5.74, 6) is -0.0666. The van der Waals surface area contributed by atoms with E-state index in [-0.39, 0.29) is 17.7 Å². The third kappa shape index (κ3) is 3.13. The number of anilines is 1. The lowest BCUT2D eigenvalue weighted by atomic mass is 10.1. The molecule has 0 radical (unpaired) electrons. The molecule has 4 aromatic rings. The predicted molar refractivity (Wildman–Crippen MR) is 122 cm³/mol. The van der Waals surface area contributed by atoms with Crippen LogP contribution in [0, 0.1) is 0 Å². The average Bonchev–Trinajstić information content (AvgIpc) is 3.11. The van der Waals surface area contributed by atoms with Crippen LogP contribution in [0.15, 0.2) is 59.9 Å². The third-order valence-corrected chi connectivity index (χ3v) is 5.92. The largest absolute Gasteiger partial charge is 0.447 e. The molecule has 0 saturated heterocycles. The first-order chi connectivity index (χ1) is 15.5. The summed E-state index contributed by atoms with van der Waals surface area (Å²) in [5, 5.41) is 9.79. The van der Waals surface area contributed by atoms with Gasteiger partial charge in [0.1, 0.15) is 0 Å². The van der Waals surface area contributed by atoms with Crippen LogP contribution in [0.1, 0.15) is 30.4 Å². The third-order valence-electron chi connectivity index (χ3n) is 5.38. The Kier molecular flexibility index (Phi) is 4.90. The fraction of sp³-hybridized carbons (Fsp3) is 0.174. The van der Waals surface area contributed by atoms with E-state index in [1.807, 2.05) is 54.8 Å². The van der Waals surface area contributed by atoms with Gasteiger partial charge in [0.25, 0.3) is 0 Å². The molecule has 0 spiro atoms. The Morgan fingerprint density at radius 2 is 1.75 bits per heavy atom. The highest BCUT2D eigenvalue weighted by molar-refractivity contribution is 7.98. The quantitative estimate of drug-likeness (QED) is 0.425. The topological polar surface area (TPSA) is 90.2 Å². The molecule has 3 heterocycles. The molecule has 8 nitrogen and oxygen atoms in total. The van der Waals surface area contributed by atoms with E-state index in [1.165, 1.54) is 25.6 Å². The second-order valence-corrected chi connectivity index (χ2v) is 8.09. The van der Waals surface area contributed by atoms with Gasteiger partial charge >= 0.3 is 0 Å². The molecule has 2 aromatic heterocycles. The molecule has 1 atom stereocenters. The highest BCUT2D eigenvalue weighted by Crippen LogP contribution is 2.44. The van der Waals surface area contributed by atoms with Crippen molar-refractivity contribution in [2.75, 3.05) is 11.2 Å². The maximum Gasteiger partial charge on any atom is 0.247 e. The predicted octanol–water partition coefficient (Wildman–Crippen LogP) is 4.32. The number of thioether (sulfide) groups is 1. The van der Waals surface area contributed by atoms with Gasteiger partial charge in [0.05, 0.1) is 11.2 Å². The smallest absolute Gasteiger partial charge is 0.247 e. The van der Waals surface area contributed by atoms with E-state index in [0.29, 0.717) is 27.7 Å². The van der Waals surface area contributed by atoms with E-state index in [4.69, 9.17) is 4.74 Å². The SMILES string of the molecule is CSc1nnc2c(n1)O[C@H](c1cn(C(C)=O)c3ccccc13)N(C(C)=O)c1ccccc1-2. The number of rotatable bonds is 2. The minimum Gasteiger partial charge on any atom is -0.447 e. The molecule has 0 N–H and O–H groups in total. The Hall–Kier alpha value is -3.72. The van der Waals surface area contributed by atoms with Gasteiger partial charge in [-0.3, -0.25) is 19.1 Å². The summed E-state index contributed by atoms with van der Waals surface area (Å²) in [7, 11) is 0. The van der Waals surface area contributed by atoms with Crippen molar-refractivity contribution in [3.63, 3.8) is 0 Å². The van der Waals surface area contributed by atoms with E-state index < -0.39 is 6.23 Å². The van der Waals surface area contributed by atoms with E-state index in [1.54, 1.807) is 15.7 Å². The Bertz CT molecular complexity index is 1380. The van der Waals surface area contributed by atoms with Crippen molar-refractivity contribution in [1.82, 2.24) is 19.7 Å². The molecule has 0 bridgehead atoms. The maximum atomic E-state index is 13.0. The molecule has 0 saturated carbocycles. The van der Waals surface area contributed by atoms with Crippen molar-refractivity contribution in [1.29, 1.82) is 0 Å². The maximum absolute atomic E-state index is 13.0. The van der Waals surface area contributed by atoms with Crippen LogP contribution in [0.2, 0.25) is 0 Å². The lowest BCUT2D eigenvalue weighted by Crippen LogP contribution is -2.36. The normalized spacial score (nSPS) is 15.0. The monoisotopic (exact) mass is 445 g/mol. The molecule has 32 heavy (non-hydrogen) atoms. The molecular weight excluding hydrogens is 426 g/mol. The number of carbonyl (C=O) groups is 2. The second-order valence-electron chi connectivity index (χ2n) is 7.32. The molecule has 5 rings (SSSR count). The summed E-state index contributed by atoms with van der Waals surface area (Å²) >= 11 is 1.35. The summed E-state index contributed by atoms with van der Waals surface area (Å²) in [6.45, 7) is 2.99. The Labute approximate surface area is 188 Å². The number of ether oxygens (including phenoxy) is 1. The van der Waals surface area contributed by atoms with Gasteiger partial charge in [0.2, 0.25) is 29.1 Å². The average molecular weight is 446 g/mol. The van der Waals surface area contributed by atoms with Gasteiger partial charge in [-0.2, -0.15) is 4.98 Å². The summed E-state index contributed by atoms with van der Waals surface area (Å²) in [5.41, 5.74) is 3.21. The fourth-order valence-electron chi connectivity index (χ4n) is 4.00. The number of hydrogen-bond donors (Lipinski definition) is 0. The molecule has 9 heteroatoms. The van der Waals surface area contributed by atoms with Gasteiger partial charge in [0.15, 0.2) is 5.69 Å². The zero-order valence-corrected chi connectivity index (χ0v) is 18.5. The number of carbonyl (C=O) groups excluding carboxylic acids is 2. The number of amides is 1. The van der Waals surface area contributed by atoms with E-state index in [9.17, 15) is 9.59 Å². The number of fused-ring (bicyclic) bond motifs is 4. The number of benzene rings is 2. The molecule has 1 aliphatic heterocycles. The lowest BCUT2D eigenvalue weighted by Gasteiger charge is -2.29. The first-order valence-electron chi connectivity index (χ1n) is 9.95. The highest BCUT2D eigenvalue weighted by Gasteiger charge is 2.36. The van der Waals surface area contributed by atoms with Crippen molar-refractivity contribution in [2.45, 2.75) is 25.2 Å². The van der Waals surface area contributed by atoms with Crippen LogP contribution in [0.25, 0.3) is 22.2 Å².